The monoisotopic (exact) mass is 461 g/mol. The molecule has 0 spiro atoms. The Morgan fingerprint density at radius 1 is 0.844 bits per heavy atom. The van der Waals surface area contributed by atoms with Crippen molar-refractivity contribution in [1.29, 1.82) is 0 Å². The first-order valence-electron chi connectivity index (χ1n) is 9.78. The van der Waals surface area contributed by atoms with Gasteiger partial charge in [0.2, 0.25) is 23.6 Å². The molecule has 0 saturated carbocycles. The maximum atomic E-state index is 12.6. The summed E-state index contributed by atoms with van der Waals surface area (Å²) in [6, 6.07) is -5.72. The van der Waals surface area contributed by atoms with E-state index in [9.17, 15) is 33.9 Å². The first kappa shape index (κ1) is 28.7. The van der Waals surface area contributed by atoms with Crippen LogP contribution in [-0.4, -0.2) is 81.7 Å². The van der Waals surface area contributed by atoms with Crippen molar-refractivity contribution in [3.05, 3.63) is 0 Å². The number of nitrogens with two attached hydrogens (primary N) is 2. The summed E-state index contributed by atoms with van der Waals surface area (Å²) in [5, 5.41) is 33.6. The summed E-state index contributed by atoms with van der Waals surface area (Å²) in [4.78, 5) is 70.7. The molecule has 32 heavy (non-hydrogen) atoms. The van der Waals surface area contributed by atoms with Crippen molar-refractivity contribution in [2.24, 2.45) is 17.4 Å². The molecule has 0 saturated heterocycles. The average molecular weight is 461 g/mol. The smallest absolute Gasteiger partial charge is 0.326 e. The van der Waals surface area contributed by atoms with Gasteiger partial charge in [-0.2, -0.15) is 0 Å². The lowest BCUT2D eigenvalue weighted by molar-refractivity contribution is -0.143. The molecule has 14 nitrogen and oxygen atoms in total. The highest BCUT2D eigenvalue weighted by Crippen LogP contribution is 2.07. The van der Waals surface area contributed by atoms with Crippen LogP contribution in [0.25, 0.3) is 0 Å². The second kappa shape index (κ2) is 13.9. The van der Waals surface area contributed by atoms with Gasteiger partial charge in [0.1, 0.15) is 24.2 Å². The van der Waals surface area contributed by atoms with Crippen molar-refractivity contribution in [3.63, 3.8) is 0 Å². The van der Waals surface area contributed by atoms with Crippen molar-refractivity contribution in [2.45, 2.75) is 63.7 Å². The molecule has 0 aromatic carbocycles. The number of primary amides is 1. The standard InChI is InChI=1S/C18H31N5O9/c1-8(2)5-12(18(31)32)23-17(30)11(6-13(20)25)22-16(29)10(3-4-14(26)27)21-15(28)9(19)7-24/h8-12,24H,3-7,19H2,1-2H3,(H2,20,25)(H,21,28)(H,22,29)(H,23,30)(H,26,27)(H,31,32). The van der Waals surface area contributed by atoms with E-state index < -0.39 is 79.2 Å². The lowest BCUT2D eigenvalue weighted by atomic mass is 10.0. The van der Waals surface area contributed by atoms with Crippen LogP contribution < -0.4 is 27.4 Å². The summed E-state index contributed by atoms with van der Waals surface area (Å²) in [6.07, 6.45) is -1.52. The molecule has 0 fully saturated rings. The van der Waals surface area contributed by atoms with Crippen LogP contribution in [0.3, 0.4) is 0 Å². The number of amides is 4. The van der Waals surface area contributed by atoms with Gasteiger partial charge in [-0.3, -0.25) is 24.0 Å². The molecule has 0 rings (SSSR count). The van der Waals surface area contributed by atoms with Gasteiger partial charge >= 0.3 is 11.9 Å². The predicted molar refractivity (Wildman–Crippen MR) is 109 cm³/mol. The number of carboxylic acid groups (broad SMARTS) is 2. The van der Waals surface area contributed by atoms with Gasteiger partial charge in [0.25, 0.3) is 0 Å². The van der Waals surface area contributed by atoms with Crippen LogP contribution in [0, 0.1) is 5.92 Å². The van der Waals surface area contributed by atoms with Crippen LogP contribution in [0.15, 0.2) is 0 Å². The summed E-state index contributed by atoms with van der Waals surface area (Å²) >= 11 is 0. The molecule has 0 radical (unpaired) electrons. The minimum Gasteiger partial charge on any atom is -0.481 e. The molecule has 0 aromatic rings. The summed E-state index contributed by atoms with van der Waals surface area (Å²) in [5.41, 5.74) is 10.5. The van der Waals surface area contributed by atoms with Crippen LogP contribution in [0.2, 0.25) is 0 Å². The molecule has 0 aliphatic rings. The molecular weight excluding hydrogens is 430 g/mol. The van der Waals surface area contributed by atoms with Gasteiger partial charge in [-0.05, 0) is 18.8 Å². The van der Waals surface area contributed by atoms with Crippen LogP contribution in [0.5, 0.6) is 0 Å². The number of aliphatic hydroxyl groups is 1. The molecule has 14 heteroatoms. The predicted octanol–water partition coefficient (Wildman–Crippen LogP) is -3.37. The lowest BCUT2D eigenvalue weighted by Crippen LogP contribution is -2.58. The van der Waals surface area contributed by atoms with Crippen LogP contribution in [-0.2, 0) is 28.8 Å². The number of aliphatic hydroxyl groups excluding tert-OH is 1. The van der Waals surface area contributed by atoms with Gasteiger partial charge in [-0.15, -0.1) is 0 Å². The Labute approximate surface area is 184 Å². The fourth-order valence-corrected chi connectivity index (χ4v) is 2.55. The summed E-state index contributed by atoms with van der Waals surface area (Å²) in [7, 11) is 0. The van der Waals surface area contributed by atoms with E-state index in [0.717, 1.165) is 0 Å². The normalized spacial score (nSPS) is 14.5. The third-order valence-electron chi connectivity index (χ3n) is 4.17. The lowest BCUT2D eigenvalue weighted by Gasteiger charge is -2.24. The SMILES string of the molecule is CC(C)CC(NC(=O)C(CC(N)=O)NC(=O)C(CCC(=O)O)NC(=O)C(N)CO)C(=O)O. The third kappa shape index (κ3) is 11.2. The van der Waals surface area contributed by atoms with E-state index in [1.165, 1.54) is 0 Å². The summed E-state index contributed by atoms with van der Waals surface area (Å²) < 4.78 is 0. The maximum absolute atomic E-state index is 12.6. The Balaban J connectivity index is 5.53. The highest BCUT2D eigenvalue weighted by Gasteiger charge is 2.31. The van der Waals surface area contributed by atoms with Gasteiger partial charge in [0.15, 0.2) is 0 Å². The van der Waals surface area contributed by atoms with E-state index in [1.807, 2.05) is 0 Å². The Morgan fingerprint density at radius 2 is 1.34 bits per heavy atom. The highest BCUT2D eigenvalue weighted by atomic mass is 16.4. The number of hydrogen-bond donors (Lipinski definition) is 8. The number of carboxylic acids is 2. The minimum absolute atomic E-state index is 0.0780. The molecular formula is C18H31N5O9. The van der Waals surface area contributed by atoms with E-state index in [-0.39, 0.29) is 18.8 Å². The Kier molecular flexibility index (Phi) is 12.5. The molecule has 10 N–H and O–H groups in total. The van der Waals surface area contributed by atoms with Crippen molar-refractivity contribution in [3.8, 4) is 0 Å². The fraction of sp³-hybridized carbons (Fsp3) is 0.667. The zero-order valence-corrected chi connectivity index (χ0v) is 17.9. The second-order valence-corrected chi connectivity index (χ2v) is 7.54. The van der Waals surface area contributed by atoms with E-state index in [4.69, 9.17) is 21.7 Å². The summed E-state index contributed by atoms with van der Waals surface area (Å²) in [5.74, 6) is -6.63. The van der Waals surface area contributed by atoms with E-state index >= 15 is 0 Å². The molecule has 4 unspecified atom stereocenters. The second-order valence-electron chi connectivity index (χ2n) is 7.54. The van der Waals surface area contributed by atoms with Gasteiger partial charge < -0.3 is 42.7 Å². The van der Waals surface area contributed by atoms with E-state index in [0.29, 0.717) is 0 Å². The quantitative estimate of drug-likeness (QED) is 0.120. The number of nitrogens with one attached hydrogen (secondary N) is 3. The molecule has 0 aliphatic heterocycles. The van der Waals surface area contributed by atoms with Crippen molar-refractivity contribution in [1.82, 2.24) is 16.0 Å². The maximum Gasteiger partial charge on any atom is 0.326 e. The van der Waals surface area contributed by atoms with Crippen LogP contribution >= 0.6 is 0 Å². The summed E-state index contributed by atoms with van der Waals surface area (Å²) in [6.45, 7) is 2.73. The molecule has 0 aliphatic carbocycles. The van der Waals surface area contributed by atoms with Crippen LogP contribution in [0.4, 0.5) is 0 Å². The molecule has 4 atom stereocenters. The zero-order chi connectivity index (χ0) is 25.0. The van der Waals surface area contributed by atoms with Gasteiger partial charge in [0.05, 0.1) is 13.0 Å². The molecule has 4 amide bonds. The largest absolute Gasteiger partial charge is 0.481 e. The minimum atomic E-state index is -1.58. The topological polar surface area (TPSA) is 251 Å². The van der Waals surface area contributed by atoms with Crippen molar-refractivity contribution >= 4 is 35.6 Å². The number of carbonyl (C=O) groups excluding carboxylic acids is 4. The third-order valence-corrected chi connectivity index (χ3v) is 4.17. The average Bonchev–Trinajstić information content (AvgIpc) is 2.67. The highest BCUT2D eigenvalue weighted by molar-refractivity contribution is 5.96. The molecule has 0 heterocycles. The van der Waals surface area contributed by atoms with Crippen LogP contribution in [0.1, 0.15) is 39.5 Å². The Morgan fingerprint density at radius 3 is 1.78 bits per heavy atom. The van der Waals surface area contributed by atoms with Crippen molar-refractivity contribution in [2.75, 3.05) is 6.61 Å². The molecule has 182 valence electrons. The first-order valence-corrected chi connectivity index (χ1v) is 9.78. The number of hydrogen-bond acceptors (Lipinski definition) is 8. The number of rotatable bonds is 15. The van der Waals surface area contributed by atoms with Gasteiger partial charge in [-0.1, -0.05) is 13.8 Å². The van der Waals surface area contributed by atoms with E-state index in [1.54, 1.807) is 13.8 Å². The fourth-order valence-electron chi connectivity index (χ4n) is 2.55. The van der Waals surface area contributed by atoms with Gasteiger partial charge in [-0.25, -0.2) is 4.79 Å². The zero-order valence-electron chi connectivity index (χ0n) is 17.9. The first-order chi connectivity index (χ1) is 14.8. The molecule has 0 bridgehead atoms. The number of aliphatic carboxylic acids is 2. The van der Waals surface area contributed by atoms with E-state index in [2.05, 4.69) is 16.0 Å². The Bertz CT molecular complexity index is 713. The Hall–Kier alpha value is -3.26. The van der Waals surface area contributed by atoms with Crippen molar-refractivity contribution < 1.29 is 44.1 Å². The van der Waals surface area contributed by atoms with Gasteiger partial charge in [0, 0.05) is 6.42 Å². The molecule has 0 aromatic heterocycles. The number of carbonyl (C=O) groups is 6.